The lowest BCUT2D eigenvalue weighted by atomic mass is 10.0. The van der Waals surface area contributed by atoms with E-state index in [1.54, 1.807) is 0 Å². The van der Waals surface area contributed by atoms with Gasteiger partial charge in [-0.05, 0) is 44.5 Å². The van der Waals surface area contributed by atoms with Gasteiger partial charge in [-0.1, -0.05) is 0 Å². The summed E-state index contributed by atoms with van der Waals surface area (Å²) in [5.41, 5.74) is -1.36. The number of nitrogens with one attached hydrogen (secondary N) is 1. The number of aromatic amines is 1. The first-order valence-electron chi connectivity index (χ1n) is 5.98. The molecule has 2 heterocycles. The normalized spacial score (nSPS) is 16.6. The number of hydrogen-bond acceptors (Lipinski definition) is 2. The van der Waals surface area contributed by atoms with E-state index in [0.717, 1.165) is 19.6 Å². The van der Waals surface area contributed by atoms with Crippen LogP contribution in [0.3, 0.4) is 0 Å². The SMILES string of the molecule is O=c1cc(C(F)(F)F)c(CCCN2CCC2)c[nH]1. The summed E-state index contributed by atoms with van der Waals surface area (Å²) in [7, 11) is 0. The standard InChI is InChI=1S/C12H15F3N2O/c13-12(14,15)10-7-11(18)16-8-9(10)3-1-4-17-5-2-6-17/h7-8H,1-6H2,(H,16,18). The van der Waals surface area contributed by atoms with Gasteiger partial charge in [-0.3, -0.25) is 4.79 Å². The maximum Gasteiger partial charge on any atom is 0.416 e. The number of aromatic nitrogens is 1. The van der Waals surface area contributed by atoms with Crippen LogP contribution in [0, 0.1) is 0 Å². The fourth-order valence-electron chi connectivity index (χ4n) is 2.07. The average molecular weight is 260 g/mol. The highest BCUT2D eigenvalue weighted by Gasteiger charge is 2.33. The first-order valence-corrected chi connectivity index (χ1v) is 5.98. The molecule has 0 unspecified atom stereocenters. The van der Waals surface area contributed by atoms with Crippen molar-refractivity contribution in [2.75, 3.05) is 19.6 Å². The zero-order valence-corrected chi connectivity index (χ0v) is 9.89. The van der Waals surface area contributed by atoms with E-state index in [1.807, 2.05) is 0 Å². The third kappa shape index (κ3) is 3.13. The van der Waals surface area contributed by atoms with Crippen molar-refractivity contribution < 1.29 is 13.2 Å². The minimum Gasteiger partial charge on any atom is -0.329 e. The summed E-state index contributed by atoms with van der Waals surface area (Å²) in [6.45, 7) is 2.89. The highest BCUT2D eigenvalue weighted by atomic mass is 19.4. The fraction of sp³-hybridized carbons (Fsp3) is 0.583. The lowest BCUT2D eigenvalue weighted by Crippen LogP contribution is -2.37. The number of pyridine rings is 1. The molecule has 18 heavy (non-hydrogen) atoms. The Kier molecular flexibility index (Phi) is 3.75. The third-order valence-corrected chi connectivity index (χ3v) is 3.18. The maximum atomic E-state index is 12.7. The maximum absolute atomic E-state index is 12.7. The smallest absolute Gasteiger partial charge is 0.329 e. The summed E-state index contributed by atoms with van der Waals surface area (Å²) in [4.78, 5) is 15.5. The summed E-state index contributed by atoms with van der Waals surface area (Å²) >= 11 is 0. The minimum absolute atomic E-state index is 0.169. The lowest BCUT2D eigenvalue weighted by Gasteiger charge is -2.30. The van der Waals surface area contributed by atoms with Crippen LogP contribution in [0.4, 0.5) is 13.2 Å². The molecule has 2 rings (SSSR count). The van der Waals surface area contributed by atoms with Crippen LogP contribution in [0.25, 0.3) is 0 Å². The lowest BCUT2D eigenvalue weighted by molar-refractivity contribution is -0.138. The molecule has 1 aromatic rings. The monoisotopic (exact) mass is 260 g/mol. The van der Waals surface area contributed by atoms with Gasteiger partial charge in [0.05, 0.1) is 5.56 Å². The molecule has 0 aromatic carbocycles. The van der Waals surface area contributed by atoms with Gasteiger partial charge in [0.25, 0.3) is 0 Å². The largest absolute Gasteiger partial charge is 0.416 e. The second-order valence-electron chi connectivity index (χ2n) is 4.53. The molecule has 0 bridgehead atoms. The molecule has 0 amide bonds. The first kappa shape index (κ1) is 13.1. The molecule has 1 aliphatic rings. The van der Waals surface area contributed by atoms with Gasteiger partial charge in [0.2, 0.25) is 5.56 Å². The van der Waals surface area contributed by atoms with Crippen molar-refractivity contribution in [1.82, 2.24) is 9.88 Å². The molecule has 1 fully saturated rings. The van der Waals surface area contributed by atoms with Crippen molar-refractivity contribution in [2.45, 2.75) is 25.4 Å². The van der Waals surface area contributed by atoms with Gasteiger partial charge >= 0.3 is 6.18 Å². The zero-order chi connectivity index (χ0) is 13.2. The quantitative estimate of drug-likeness (QED) is 0.899. The highest BCUT2D eigenvalue weighted by molar-refractivity contribution is 5.26. The molecule has 0 atom stereocenters. The summed E-state index contributed by atoms with van der Waals surface area (Å²) in [5, 5.41) is 0. The van der Waals surface area contributed by atoms with Crippen molar-refractivity contribution in [1.29, 1.82) is 0 Å². The molecule has 100 valence electrons. The fourth-order valence-corrected chi connectivity index (χ4v) is 2.07. The topological polar surface area (TPSA) is 36.1 Å². The van der Waals surface area contributed by atoms with Crippen LogP contribution >= 0.6 is 0 Å². The Labute approximate surface area is 103 Å². The minimum atomic E-state index is -4.46. The molecular weight excluding hydrogens is 245 g/mol. The molecule has 1 aromatic heterocycles. The van der Waals surface area contributed by atoms with E-state index in [-0.39, 0.29) is 5.56 Å². The number of nitrogens with zero attached hydrogens (tertiary/aromatic N) is 1. The number of alkyl halides is 3. The number of rotatable bonds is 4. The van der Waals surface area contributed by atoms with Crippen molar-refractivity contribution in [2.24, 2.45) is 0 Å². The van der Waals surface area contributed by atoms with E-state index in [2.05, 4.69) is 9.88 Å². The summed E-state index contributed by atoms with van der Waals surface area (Å²) < 4.78 is 38.2. The van der Waals surface area contributed by atoms with Gasteiger partial charge in [0.1, 0.15) is 0 Å². The van der Waals surface area contributed by atoms with Crippen molar-refractivity contribution in [3.63, 3.8) is 0 Å². The van der Waals surface area contributed by atoms with Crippen LogP contribution in [0.2, 0.25) is 0 Å². The second kappa shape index (κ2) is 5.14. The Morgan fingerprint density at radius 3 is 2.61 bits per heavy atom. The number of halogens is 3. The molecule has 1 saturated heterocycles. The summed E-state index contributed by atoms with van der Waals surface area (Å²) in [6.07, 6.45) is -1.09. The van der Waals surface area contributed by atoms with E-state index < -0.39 is 17.3 Å². The number of H-pyrrole nitrogens is 1. The Bertz CT molecular complexity index is 463. The Morgan fingerprint density at radius 1 is 1.33 bits per heavy atom. The van der Waals surface area contributed by atoms with Gasteiger partial charge in [0, 0.05) is 12.3 Å². The van der Waals surface area contributed by atoms with E-state index in [9.17, 15) is 18.0 Å². The Morgan fingerprint density at radius 2 is 2.06 bits per heavy atom. The van der Waals surface area contributed by atoms with Gasteiger partial charge < -0.3 is 9.88 Å². The van der Waals surface area contributed by atoms with Crippen molar-refractivity contribution in [3.05, 3.63) is 33.7 Å². The van der Waals surface area contributed by atoms with Gasteiger partial charge in [-0.2, -0.15) is 13.2 Å². The van der Waals surface area contributed by atoms with Crippen LogP contribution < -0.4 is 5.56 Å². The van der Waals surface area contributed by atoms with Crippen molar-refractivity contribution >= 4 is 0 Å². The van der Waals surface area contributed by atoms with Crippen LogP contribution in [0.1, 0.15) is 24.0 Å². The molecule has 6 heteroatoms. The van der Waals surface area contributed by atoms with E-state index in [1.165, 1.54) is 12.6 Å². The molecule has 0 aliphatic carbocycles. The molecule has 3 nitrogen and oxygen atoms in total. The molecular formula is C12H15F3N2O. The number of aryl methyl sites for hydroxylation is 1. The van der Waals surface area contributed by atoms with Gasteiger partial charge in [-0.25, -0.2) is 0 Å². The van der Waals surface area contributed by atoms with E-state index >= 15 is 0 Å². The van der Waals surface area contributed by atoms with Crippen LogP contribution in [0.5, 0.6) is 0 Å². The average Bonchev–Trinajstić information content (AvgIpc) is 2.22. The van der Waals surface area contributed by atoms with Crippen LogP contribution in [-0.2, 0) is 12.6 Å². The predicted octanol–water partition coefficient (Wildman–Crippen LogP) is 2.03. The van der Waals surface area contributed by atoms with Gasteiger partial charge in [0.15, 0.2) is 0 Å². The van der Waals surface area contributed by atoms with Gasteiger partial charge in [-0.15, -0.1) is 0 Å². The summed E-state index contributed by atoms with van der Waals surface area (Å²) in [5.74, 6) is 0. The summed E-state index contributed by atoms with van der Waals surface area (Å²) in [6, 6.07) is 0.638. The first-order chi connectivity index (χ1) is 8.47. The number of hydrogen-bond donors (Lipinski definition) is 1. The third-order valence-electron chi connectivity index (χ3n) is 3.18. The molecule has 0 radical (unpaired) electrons. The Balaban J connectivity index is 2.04. The van der Waals surface area contributed by atoms with Crippen LogP contribution in [-0.4, -0.2) is 29.5 Å². The second-order valence-corrected chi connectivity index (χ2v) is 4.53. The van der Waals surface area contributed by atoms with Crippen molar-refractivity contribution in [3.8, 4) is 0 Å². The Hall–Kier alpha value is -1.30. The van der Waals surface area contributed by atoms with Crippen LogP contribution in [0.15, 0.2) is 17.1 Å². The van der Waals surface area contributed by atoms with E-state index in [4.69, 9.17) is 0 Å². The predicted molar refractivity (Wildman–Crippen MR) is 61.4 cm³/mol. The molecule has 0 saturated carbocycles. The molecule has 1 aliphatic heterocycles. The zero-order valence-electron chi connectivity index (χ0n) is 9.89. The van der Waals surface area contributed by atoms with E-state index in [0.29, 0.717) is 18.9 Å². The molecule has 0 spiro atoms. The molecule has 1 N–H and O–H groups in total. The number of likely N-dealkylation sites (tertiary alicyclic amines) is 1. The highest BCUT2D eigenvalue weighted by Crippen LogP contribution is 2.31.